The van der Waals surface area contributed by atoms with E-state index in [1.807, 2.05) is 6.07 Å². The van der Waals surface area contributed by atoms with E-state index in [4.69, 9.17) is 9.47 Å². The van der Waals surface area contributed by atoms with E-state index < -0.39 is 16.4 Å². The van der Waals surface area contributed by atoms with Crippen LogP contribution >= 0.6 is 15.9 Å². The number of ether oxygens (including phenoxy) is 2. The number of nitro benzene ring substituents is 1. The number of nitro groups is 1. The van der Waals surface area contributed by atoms with Crippen molar-refractivity contribution in [2.75, 3.05) is 7.11 Å². The molecule has 0 N–H and O–H groups in total. The van der Waals surface area contributed by atoms with E-state index in [2.05, 4.69) is 15.9 Å². The molecule has 2 aromatic carbocycles. The van der Waals surface area contributed by atoms with Crippen LogP contribution in [0.4, 0.5) is 10.1 Å². The second kappa shape index (κ2) is 6.09. The van der Waals surface area contributed by atoms with Gasteiger partial charge in [-0.25, -0.2) is 4.39 Å². The molecule has 21 heavy (non-hydrogen) atoms. The normalized spacial score (nSPS) is 10.3. The Morgan fingerprint density at radius 1 is 1.19 bits per heavy atom. The van der Waals surface area contributed by atoms with Gasteiger partial charge in [0.15, 0.2) is 11.6 Å². The average Bonchev–Trinajstić information content (AvgIpc) is 2.43. The number of benzene rings is 2. The quantitative estimate of drug-likeness (QED) is 0.593. The molecule has 0 saturated heterocycles. The first-order valence-corrected chi connectivity index (χ1v) is 6.67. The van der Waals surface area contributed by atoms with Crippen LogP contribution in [0.25, 0.3) is 0 Å². The first kappa shape index (κ1) is 15.2. The third-order valence-corrected chi connectivity index (χ3v) is 3.28. The van der Waals surface area contributed by atoms with Crippen molar-refractivity contribution in [2.45, 2.75) is 6.92 Å². The van der Waals surface area contributed by atoms with Gasteiger partial charge >= 0.3 is 5.69 Å². The van der Waals surface area contributed by atoms with Crippen LogP contribution in [-0.4, -0.2) is 12.0 Å². The summed E-state index contributed by atoms with van der Waals surface area (Å²) in [5.41, 5.74) is 0.343. The van der Waals surface area contributed by atoms with E-state index in [-0.39, 0.29) is 11.5 Å². The second-order valence-electron chi connectivity index (χ2n) is 4.22. The number of halogens is 2. The average molecular weight is 356 g/mol. The van der Waals surface area contributed by atoms with Gasteiger partial charge in [0.2, 0.25) is 5.75 Å². The molecule has 5 nitrogen and oxygen atoms in total. The third kappa shape index (κ3) is 3.30. The molecule has 110 valence electrons. The number of aryl methyl sites for hydroxylation is 1. The fourth-order valence-electron chi connectivity index (χ4n) is 1.75. The Bertz CT molecular complexity index is 706. The Balaban J connectivity index is 2.42. The van der Waals surface area contributed by atoms with Gasteiger partial charge in [0, 0.05) is 10.5 Å². The number of nitrogens with zero attached hydrogens (tertiary/aromatic N) is 1. The molecule has 0 fully saturated rings. The largest absolute Gasteiger partial charge is 0.490 e. The smallest absolute Gasteiger partial charge is 0.314 e. The van der Waals surface area contributed by atoms with Gasteiger partial charge in [0.25, 0.3) is 0 Å². The Morgan fingerprint density at radius 2 is 1.90 bits per heavy atom. The Morgan fingerprint density at radius 3 is 2.48 bits per heavy atom. The minimum atomic E-state index is -0.829. The van der Waals surface area contributed by atoms with Gasteiger partial charge in [0.1, 0.15) is 5.75 Å². The molecule has 0 aliphatic carbocycles. The van der Waals surface area contributed by atoms with E-state index in [1.54, 1.807) is 19.1 Å². The van der Waals surface area contributed by atoms with Gasteiger partial charge in [0.05, 0.1) is 18.1 Å². The molecule has 0 amide bonds. The number of hydrogen-bond acceptors (Lipinski definition) is 4. The molecule has 0 unspecified atom stereocenters. The summed E-state index contributed by atoms with van der Waals surface area (Å²) in [7, 11) is 1.27. The maximum Gasteiger partial charge on any atom is 0.314 e. The van der Waals surface area contributed by atoms with Gasteiger partial charge in [-0.2, -0.15) is 0 Å². The highest BCUT2D eigenvalue weighted by molar-refractivity contribution is 9.10. The molecule has 2 rings (SSSR count). The van der Waals surface area contributed by atoms with Crippen LogP contribution in [-0.2, 0) is 0 Å². The predicted molar refractivity (Wildman–Crippen MR) is 78.6 cm³/mol. The summed E-state index contributed by atoms with van der Waals surface area (Å²) in [5.74, 6) is -0.577. The number of rotatable bonds is 4. The van der Waals surface area contributed by atoms with Crippen LogP contribution in [0.3, 0.4) is 0 Å². The molecule has 0 saturated carbocycles. The molecular weight excluding hydrogens is 345 g/mol. The lowest BCUT2D eigenvalue weighted by molar-refractivity contribution is -0.386. The van der Waals surface area contributed by atoms with Crippen molar-refractivity contribution in [3.05, 3.63) is 56.3 Å². The molecular formula is C14H11BrFNO4. The van der Waals surface area contributed by atoms with Crippen molar-refractivity contribution in [1.29, 1.82) is 0 Å². The summed E-state index contributed by atoms with van der Waals surface area (Å²) in [5, 5.41) is 10.8. The monoisotopic (exact) mass is 355 g/mol. The Kier molecular flexibility index (Phi) is 4.42. The fraction of sp³-hybridized carbons (Fsp3) is 0.143. The summed E-state index contributed by atoms with van der Waals surface area (Å²) in [6.07, 6.45) is 0. The minimum absolute atomic E-state index is 0.0637. The van der Waals surface area contributed by atoms with Gasteiger partial charge in [-0.1, -0.05) is 15.9 Å². The molecule has 2 aromatic rings. The van der Waals surface area contributed by atoms with Crippen molar-refractivity contribution in [3.8, 4) is 17.2 Å². The molecule has 0 heterocycles. The Labute approximate surface area is 128 Å². The van der Waals surface area contributed by atoms with Crippen LogP contribution in [0.15, 0.2) is 34.8 Å². The highest BCUT2D eigenvalue weighted by atomic mass is 79.9. The number of methoxy groups -OCH3 is 1. The van der Waals surface area contributed by atoms with Crippen molar-refractivity contribution in [3.63, 3.8) is 0 Å². The molecule has 0 atom stereocenters. The first-order chi connectivity index (χ1) is 9.92. The molecule has 0 aliphatic heterocycles. The molecule has 0 aromatic heterocycles. The van der Waals surface area contributed by atoms with Crippen molar-refractivity contribution >= 4 is 21.6 Å². The summed E-state index contributed by atoms with van der Waals surface area (Å²) in [6, 6.07) is 7.18. The summed E-state index contributed by atoms with van der Waals surface area (Å²) in [4.78, 5) is 10.1. The van der Waals surface area contributed by atoms with Gasteiger partial charge < -0.3 is 9.47 Å². The van der Waals surface area contributed by atoms with E-state index in [0.717, 1.165) is 22.2 Å². The molecule has 0 aliphatic rings. The zero-order valence-electron chi connectivity index (χ0n) is 11.2. The maximum atomic E-state index is 13.9. The van der Waals surface area contributed by atoms with Crippen molar-refractivity contribution in [1.82, 2.24) is 0 Å². The summed E-state index contributed by atoms with van der Waals surface area (Å²) in [6.45, 7) is 1.81. The van der Waals surface area contributed by atoms with E-state index in [1.165, 1.54) is 7.11 Å². The van der Waals surface area contributed by atoms with Crippen LogP contribution in [0.1, 0.15) is 5.56 Å². The van der Waals surface area contributed by atoms with Crippen LogP contribution in [0.5, 0.6) is 17.2 Å². The van der Waals surface area contributed by atoms with E-state index in [9.17, 15) is 14.5 Å². The van der Waals surface area contributed by atoms with E-state index >= 15 is 0 Å². The lowest BCUT2D eigenvalue weighted by Gasteiger charge is -2.11. The Hall–Kier alpha value is -2.15. The standard InChI is InChI=1S/C14H11BrFNO4/c1-8-5-9(15)3-4-12(8)21-13-7-14(20-2)11(17(18)19)6-10(13)16/h3-7H,1-2H3. The molecule has 0 bridgehead atoms. The topological polar surface area (TPSA) is 61.6 Å². The summed E-state index contributed by atoms with van der Waals surface area (Å²) >= 11 is 3.32. The molecule has 0 radical (unpaired) electrons. The number of hydrogen-bond donors (Lipinski definition) is 0. The maximum absolute atomic E-state index is 13.9. The van der Waals surface area contributed by atoms with Crippen molar-refractivity contribution in [2.24, 2.45) is 0 Å². The van der Waals surface area contributed by atoms with Gasteiger partial charge in [-0.15, -0.1) is 0 Å². The van der Waals surface area contributed by atoms with Crippen LogP contribution < -0.4 is 9.47 Å². The zero-order chi connectivity index (χ0) is 15.6. The van der Waals surface area contributed by atoms with Gasteiger partial charge in [-0.05, 0) is 30.7 Å². The second-order valence-corrected chi connectivity index (χ2v) is 5.14. The van der Waals surface area contributed by atoms with Crippen LogP contribution in [0.2, 0.25) is 0 Å². The predicted octanol–water partition coefficient (Wildman–Crippen LogP) is 4.61. The first-order valence-electron chi connectivity index (χ1n) is 5.88. The fourth-order valence-corrected chi connectivity index (χ4v) is 2.23. The SMILES string of the molecule is COc1cc(Oc2ccc(Br)cc2C)c(F)cc1[N+](=O)[O-]. The molecule has 0 spiro atoms. The van der Waals surface area contributed by atoms with Crippen molar-refractivity contribution < 1.29 is 18.8 Å². The highest BCUT2D eigenvalue weighted by Gasteiger charge is 2.20. The van der Waals surface area contributed by atoms with Gasteiger partial charge in [-0.3, -0.25) is 10.1 Å². The van der Waals surface area contributed by atoms with Crippen LogP contribution in [0, 0.1) is 22.9 Å². The third-order valence-electron chi connectivity index (χ3n) is 2.79. The molecule has 7 heteroatoms. The summed E-state index contributed by atoms with van der Waals surface area (Å²) < 4.78 is 25.2. The minimum Gasteiger partial charge on any atom is -0.490 e. The zero-order valence-corrected chi connectivity index (χ0v) is 12.8. The lowest BCUT2D eigenvalue weighted by Crippen LogP contribution is -1.97. The lowest BCUT2D eigenvalue weighted by atomic mass is 10.2. The van der Waals surface area contributed by atoms with E-state index in [0.29, 0.717) is 5.75 Å². The highest BCUT2D eigenvalue weighted by Crippen LogP contribution is 2.36.